The fourth-order valence-electron chi connectivity index (χ4n) is 2.53. The Hall–Kier alpha value is -1.62. The van der Waals surface area contributed by atoms with E-state index >= 15 is 0 Å². The molecule has 0 atom stereocenters. The molecule has 0 bridgehead atoms. The van der Waals surface area contributed by atoms with Crippen LogP contribution in [-0.2, 0) is 26.6 Å². The van der Waals surface area contributed by atoms with Crippen LogP contribution in [0.15, 0.2) is 12.4 Å². The van der Waals surface area contributed by atoms with Crippen molar-refractivity contribution in [2.45, 2.75) is 47.2 Å². The van der Waals surface area contributed by atoms with Crippen LogP contribution in [-0.4, -0.2) is 26.1 Å². The van der Waals surface area contributed by atoms with E-state index in [1.807, 2.05) is 17.9 Å². The fourth-order valence-corrected chi connectivity index (χ4v) is 2.53. The zero-order chi connectivity index (χ0) is 15.4. The minimum Gasteiger partial charge on any atom is -0.312 e. The summed E-state index contributed by atoms with van der Waals surface area (Å²) in [7, 11) is 1.95. The lowest BCUT2D eigenvalue weighted by atomic mass is 10.1. The van der Waals surface area contributed by atoms with E-state index in [-0.39, 0.29) is 0 Å². The van der Waals surface area contributed by atoms with E-state index in [0.717, 1.165) is 31.7 Å². The molecule has 0 saturated heterocycles. The molecule has 2 aromatic rings. The topological polar surface area (TPSA) is 47.7 Å². The van der Waals surface area contributed by atoms with Crippen LogP contribution in [0.1, 0.15) is 36.4 Å². The largest absolute Gasteiger partial charge is 0.312 e. The van der Waals surface area contributed by atoms with Gasteiger partial charge in [0.15, 0.2) is 0 Å². The molecule has 5 heteroatoms. The summed E-state index contributed by atoms with van der Waals surface area (Å²) < 4.78 is 3.96. The van der Waals surface area contributed by atoms with Crippen LogP contribution < -0.4 is 5.32 Å². The van der Waals surface area contributed by atoms with Crippen molar-refractivity contribution < 1.29 is 0 Å². The van der Waals surface area contributed by atoms with Crippen molar-refractivity contribution in [1.29, 1.82) is 0 Å². The van der Waals surface area contributed by atoms with Gasteiger partial charge < -0.3 is 5.32 Å². The third kappa shape index (κ3) is 4.17. The van der Waals surface area contributed by atoms with Crippen LogP contribution in [0.2, 0.25) is 0 Å². The number of hydrogen-bond donors (Lipinski definition) is 1. The summed E-state index contributed by atoms with van der Waals surface area (Å²) in [6.07, 6.45) is 4.96. The third-order valence-corrected chi connectivity index (χ3v) is 3.76. The van der Waals surface area contributed by atoms with Gasteiger partial charge in [0, 0.05) is 37.6 Å². The van der Waals surface area contributed by atoms with Gasteiger partial charge in [-0.2, -0.15) is 10.2 Å². The first-order valence-electron chi connectivity index (χ1n) is 7.68. The molecule has 2 heterocycles. The number of aromatic nitrogens is 4. The maximum absolute atomic E-state index is 4.68. The molecule has 0 saturated carbocycles. The summed E-state index contributed by atoms with van der Waals surface area (Å²) in [6, 6.07) is 0. The summed E-state index contributed by atoms with van der Waals surface area (Å²) in [5.41, 5.74) is 4.99. The lowest BCUT2D eigenvalue weighted by Crippen LogP contribution is -2.19. The lowest BCUT2D eigenvalue weighted by Gasteiger charge is -2.08. The molecule has 1 N–H and O–H groups in total. The van der Waals surface area contributed by atoms with E-state index in [0.29, 0.717) is 5.92 Å². The zero-order valence-electron chi connectivity index (χ0n) is 13.8. The van der Waals surface area contributed by atoms with Crippen molar-refractivity contribution in [1.82, 2.24) is 24.9 Å². The molecule has 0 fully saturated rings. The van der Waals surface area contributed by atoms with Crippen molar-refractivity contribution in [3.05, 3.63) is 34.9 Å². The molecular weight excluding hydrogens is 262 g/mol. The summed E-state index contributed by atoms with van der Waals surface area (Å²) in [4.78, 5) is 0. The summed E-state index contributed by atoms with van der Waals surface area (Å²) in [6.45, 7) is 11.6. The Morgan fingerprint density at radius 1 is 1.29 bits per heavy atom. The first-order valence-corrected chi connectivity index (χ1v) is 7.68. The van der Waals surface area contributed by atoms with Gasteiger partial charge in [0.2, 0.25) is 0 Å². The molecule has 0 aliphatic rings. The maximum Gasteiger partial charge on any atom is 0.0641 e. The average Bonchev–Trinajstić information content (AvgIpc) is 2.94. The minimum absolute atomic E-state index is 0.672. The standard InChI is InChI=1S/C16H27N5/c1-12(2)8-17-10-16-13(3)19-21(14(16)4)7-6-15-9-18-20(5)11-15/h9,11-12,17H,6-8,10H2,1-5H3. The van der Waals surface area contributed by atoms with Crippen molar-refractivity contribution in [2.75, 3.05) is 6.54 Å². The highest BCUT2D eigenvalue weighted by Gasteiger charge is 2.11. The van der Waals surface area contributed by atoms with E-state index in [4.69, 9.17) is 0 Å². The lowest BCUT2D eigenvalue weighted by molar-refractivity contribution is 0.549. The molecule has 0 aromatic carbocycles. The molecule has 21 heavy (non-hydrogen) atoms. The predicted octanol–water partition coefficient (Wildman–Crippen LogP) is 2.22. The Morgan fingerprint density at radius 3 is 2.67 bits per heavy atom. The van der Waals surface area contributed by atoms with Crippen molar-refractivity contribution >= 4 is 0 Å². The average molecular weight is 289 g/mol. The van der Waals surface area contributed by atoms with Crippen LogP contribution in [0.5, 0.6) is 0 Å². The van der Waals surface area contributed by atoms with Crippen LogP contribution in [0, 0.1) is 19.8 Å². The molecule has 116 valence electrons. The maximum atomic E-state index is 4.68. The predicted molar refractivity (Wildman–Crippen MR) is 85.2 cm³/mol. The molecule has 0 amide bonds. The van der Waals surface area contributed by atoms with Gasteiger partial charge in [-0.3, -0.25) is 9.36 Å². The van der Waals surface area contributed by atoms with E-state index in [9.17, 15) is 0 Å². The second-order valence-electron chi connectivity index (χ2n) is 6.17. The van der Waals surface area contributed by atoms with Gasteiger partial charge in [-0.25, -0.2) is 0 Å². The molecule has 0 spiro atoms. The van der Waals surface area contributed by atoms with Crippen LogP contribution in [0.25, 0.3) is 0 Å². The number of nitrogens with zero attached hydrogens (tertiary/aromatic N) is 4. The van der Waals surface area contributed by atoms with Gasteiger partial charge in [-0.15, -0.1) is 0 Å². The van der Waals surface area contributed by atoms with Crippen molar-refractivity contribution in [3.8, 4) is 0 Å². The van der Waals surface area contributed by atoms with Crippen LogP contribution >= 0.6 is 0 Å². The highest BCUT2D eigenvalue weighted by atomic mass is 15.3. The smallest absolute Gasteiger partial charge is 0.0641 e. The van der Waals surface area contributed by atoms with E-state index < -0.39 is 0 Å². The Morgan fingerprint density at radius 2 is 2.05 bits per heavy atom. The van der Waals surface area contributed by atoms with Crippen molar-refractivity contribution in [3.63, 3.8) is 0 Å². The van der Waals surface area contributed by atoms with Gasteiger partial charge >= 0.3 is 0 Å². The van der Waals surface area contributed by atoms with Gasteiger partial charge in [-0.05, 0) is 38.3 Å². The Balaban J connectivity index is 1.97. The first kappa shape index (κ1) is 15.8. The van der Waals surface area contributed by atoms with Gasteiger partial charge in [0.25, 0.3) is 0 Å². The van der Waals surface area contributed by atoms with Gasteiger partial charge in [0.05, 0.1) is 11.9 Å². The molecule has 0 aliphatic heterocycles. The summed E-state index contributed by atoms with van der Waals surface area (Å²) in [5.74, 6) is 0.672. The monoisotopic (exact) mass is 289 g/mol. The Labute approximate surface area is 127 Å². The molecule has 2 rings (SSSR count). The first-order chi connectivity index (χ1) is 9.97. The highest BCUT2D eigenvalue weighted by Crippen LogP contribution is 2.14. The molecular formula is C16H27N5. The quantitative estimate of drug-likeness (QED) is 0.850. The number of rotatable bonds is 7. The van der Waals surface area contributed by atoms with Gasteiger partial charge in [0.1, 0.15) is 0 Å². The van der Waals surface area contributed by atoms with Crippen LogP contribution in [0.3, 0.4) is 0 Å². The van der Waals surface area contributed by atoms with Crippen LogP contribution in [0.4, 0.5) is 0 Å². The fraction of sp³-hybridized carbons (Fsp3) is 0.625. The number of hydrogen-bond acceptors (Lipinski definition) is 3. The zero-order valence-corrected chi connectivity index (χ0v) is 13.8. The second-order valence-corrected chi connectivity index (χ2v) is 6.17. The molecule has 0 unspecified atom stereocenters. The van der Waals surface area contributed by atoms with E-state index in [1.165, 1.54) is 16.8 Å². The van der Waals surface area contributed by atoms with E-state index in [2.05, 4.69) is 54.1 Å². The Bertz CT molecular complexity index is 580. The number of nitrogens with one attached hydrogen (secondary N) is 1. The Kier molecular flexibility index (Phi) is 5.17. The molecule has 2 aromatic heterocycles. The normalized spacial score (nSPS) is 11.5. The number of aryl methyl sites for hydroxylation is 4. The minimum atomic E-state index is 0.672. The van der Waals surface area contributed by atoms with Gasteiger partial charge in [-0.1, -0.05) is 13.8 Å². The second kappa shape index (κ2) is 6.89. The van der Waals surface area contributed by atoms with Crippen molar-refractivity contribution in [2.24, 2.45) is 13.0 Å². The summed E-state index contributed by atoms with van der Waals surface area (Å²) >= 11 is 0. The van der Waals surface area contributed by atoms with E-state index in [1.54, 1.807) is 0 Å². The SMILES string of the molecule is Cc1nn(CCc2cnn(C)c2)c(C)c1CNCC(C)C. The molecule has 5 nitrogen and oxygen atoms in total. The third-order valence-electron chi connectivity index (χ3n) is 3.76. The molecule has 0 aliphatic carbocycles. The molecule has 0 radical (unpaired) electrons. The highest BCUT2D eigenvalue weighted by molar-refractivity contribution is 5.24. The summed E-state index contributed by atoms with van der Waals surface area (Å²) in [5, 5.41) is 12.4.